The van der Waals surface area contributed by atoms with Gasteiger partial charge >= 0.3 is 6.09 Å². The Morgan fingerprint density at radius 1 is 1.28 bits per heavy atom. The van der Waals surface area contributed by atoms with Crippen molar-refractivity contribution >= 4 is 12.0 Å². The molecule has 0 radical (unpaired) electrons. The van der Waals surface area contributed by atoms with Gasteiger partial charge in [-0.1, -0.05) is 6.07 Å². The molecule has 0 unspecified atom stereocenters. The molecule has 1 aromatic heterocycles. The molecule has 138 valence electrons. The molecule has 0 aliphatic carbocycles. The molecule has 0 atom stereocenters. The summed E-state index contributed by atoms with van der Waals surface area (Å²) in [7, 11) is 0. The molecule has 1 saturated heterocycles. The van der Waals surface area contributed by atoms with Gasteiger partial charge in [-0.05, 0) is 58.6 Å². The van der Waals surface area contributed by atoms with Gasteiger partial charge < -0.3 is 15.0 Å². The summed E-state index contributed by atoms with van der Waals surface area (Å²) in [5.74, 6) is 0.350. The SMILES string of the molecule is Cc1cccc(CNC(=O)CC2CCN(C(=O)OC(C)(C)C)CC2)n1. The van der Waals surface area contributed by atoms with Crippen molar-refractivity contribution in [2.75, 3.05) is 13.1 Å². The number of hydrogen-bond acceptors (Lipinski definition) is 4. The van der Waals surface area contributed by atoms with Crippen molar-refractivity contribution in [3.8, 4) is 0 Å². The first kappa shape index (κ1) is 19.2. The number of amides is 2. The predicted molar refractivity (Wildman–Crippen MR) is 96.0 cm³/mol. The molecule has 6 heteroatoms. The number of rotatable bonds is 4. The zero-order valence-corrected chi connectivity index (χ0v) is 15.7. The Morgan fingerprint density at radius 2 is 1.96 bits per heavy atom. The van der Waals surface area contributed by atoms with E-state index in [1.165, 1.54) is 0 Å². The summed E-state index contributed by atoms with van der Waals surface area (Å²) in [5.41, 5.74) is 1.34. The molecule has 0 bridgehead atoms. The van der Waals surface area contributed by atoms with E-state index in [0.717, 1.165) is 24.2 Å². The standard InChI is InChI=1S/C19H29N3O3/c1-14-6-5-7-16(21-14)13-20-17(23)12-15-8-10-22(11-9-15)18(24)25-19(2,3)4/h5-7,15H,8-13H2,1-4H3,(H,20,23). The van der Waals surface area contributed by atoms with Crippen LogP contribution in [-0.2, 0) is 16.1 Å². The van der Waals surface area contributed by atoms with E-state index in [1.807, 2.05) is 45.9 Å². The molecular formula is C19H29N3O3. The van der Waals surface area contributed by atoms with Crippen LogP contribution in [0.2, 0.25) is 0 Å². The van der Waals surface area contributed by atoms with Gasteiger partial charge in [-0.3, -0.25) is 9.78 Å². The number of ether oxygens (including phenoxy) is 1. The van der Waals surface area contributed by atoms with Crippen LogP contribution in [0.25, 0.3) is 0 Å². The Kier molecular flexibility index (Phi) is 6.39. The smallest absolute Gasteiger partial charge is 0.410 e. The third-order valence-electron chi connectivity index (χ3n) is 4.15. The van der Waals surface area contributed by atoms with Gasteiger partial charge in [0.2, 0.25) is 5.91 Å². The van der Waals surface area contributed by atoms with E-state index in [-0.39, 0.29) is 12.0 Å². The van der Waals surface area contributed by atoms with Crippen LogP contribution in [0.1, 0.15) is 51.4 Å². The van der Waals surface area contributed by atoms with Gasteiger partial charge in [-0.15, -0.1) is 0 Å². The van der Waals surface area contributed by atoms with Gasteiger partial charge in [0.1, 0.15) is 5.60 Å². The lowest BCUT2D eigenvalue weighted by molar-refractivity contribution is -0.122. The maximum absolute atomic E-state index is 12.1. The van der Waals surface area contributed by atoms with Crippen LogP contribution >= 0.6 is 0 Å². The van der Waals surface area contributed by atoms with Crippen molar-refractivity contribution in [1.29, 1.82) is 0 Å². The first-order valence-electron chi connectivity index (χ1n) is 8.90. The van der Waals surface area contributed by atoms with Gasteiger partial charge in [0.05, 0.1) is 12.2 Å². The second-order valence-corrected chi connectivity index (χ2v) is 7.66. The normalized spacial score (nSPS) is 15.8. The number of hydrogen-bond donors (Lipinski definition) is 1. The van der Waals surface area contributed by atoms with Crippen molar-refractivity contribution < 1.29 is 14.3 Å². The second kappa shape index (κ2) is 8.32. The van der Waals surface area contributed by atoms with Crippen LogP contribution in [-0.4, -0.2) is 40.6 Å². The number of nitrogens with one attached hydrogen (secondary N) is 1. The molecule has 1 N–H and O–H groups in total. The highest BCUT2D eigenvalue weighted by Gasteiger charge is 2.27. The van der Waals surface area contributed by atoms with Crippen LogP contribution in [0.5, 0.6) is 0 Å². The maximum atomic E-state index is 12.1. The van der Waals surface area contributed by atoms with Gasteiger partial charge in [-0.25, -0.2) is 4.79 Å². The molecule has 0 aromatic carbocycles. The van der Waals surface area contributed by atoms with Gasteiger partial charge in [0, 0.05) is 25.2 Å². The third kappa shape index (κ3) is 6.72. The number of nitrogens with zero attached hydrogens (tertiary/aromatic N) is 2. The summed E-state index contributed by atoms with van der Waals surface area (Å²) in [4.78, 5) is 30.3. The first-order chi connectivity index (χ1) is 11.7. The van der Waals surface area contributed by atoms with Crippen LogP contribution in [0, 0.1) is 12.8 Å². The fraction of sp³-hybridized carbons (Fsp3) is 0.632. The lowest BCUT2D eigenvalue weighted by atomic mass is 9.93. The number of carbonyl (C=O) groups is 2. The quantitative estimate of drug-likeness (QED) is 0.909. The van der Waals surface area contributed by atoms with E-state index in [1.54, 1.807) is 4.90 Å². The summed E-state index contributed by atoms with van der Waals surface area (Å²) < 4.78 is 5.39. The van der Waals surface area contributed by atoms with E-state index < -0.39 is 5.60 Å². The average molecular weight is 347 g/mol. The zero-order valence-electron chi connectivity index (χ0n) is 15.7. The predicted octanol–water partition coefficient (Wildman–Crippen LogP) is 3.04. The number of carbonyl (C=O) groups excluding carboxylic acids is 2. The van der Waals surface area contributed by atoms with Crippen molar-refractivity contribution in [1.82, 2.24) is 15.2 Å². The number of aromatic nitrogens is 1. The first-order valence-corrected chi connectivity index (χ1v) is 8.90. The van der Waals surface area contributed by atoms with Crippen LogP contribution in [0.4, 0.5) is 4.79 Å². The monoisotopic (exact) mass is 347 g/mol. The van der Waals surface area contributed by atoms with Crippen LogP contribution in [0.3, 0.4) is 0 Å². The van der Waals surface area contributed by atoms with E-state index in [4.69, 9.17) is 4.74 Å². The minimum Gasteiger partial charge on any atom is -0.444 e. The Balaban J connectivity index is 1.70. The summed E-state index contributed by atoms with van der Waals surface area (Å²) in [5, 5.41) is 2.93. The maximum Gasteiger partial charge on any atom is 0.410 e. The van der Waals surface area contributed by atoms with E-state index >= 15 is 0 Å². The summed E-state index contributed by atoms with van der Waals surface area (Å²) in [6.45, 7) is 9.28. The fourth-order valence-electron chi connectivity index (χ4n) is 2.87. The molecule has 2 amide bonds. The van der Waals surface area contributed by atoms with Crippen LogP contribution in [0.15, 0.2) is 18.2 Å². The molecule has 0 saturated carbocycles. The number of likely N-dealkylation sites (tertiary alicyclic amines) is 1. The fourth-order valence-corrected chi connectivity index (χ4v) is 2.87. The molecule has 1 aromatic rings. The molecular weight excluding hydrogens is 318 g/mol. The highest BCUT2D eigenvalue weighted by molar-refractivity contribution is 5.76. The highest BCUT2D eigenvalue weighted by atomic mass is 16.6. The van der Waals surface area contributed by atoms with Gasteiger partial charge in [0.15, 0.2) is 0 Å². The van der Waals surface area contributed by atoms with Crippen molar-refractivity contribution in [2.45, 2.75) is 59.1 Å². The Bertz CT molecular complexity index is 602. The van der Waals surface area contributed by atoms with E-state index in [2.05, 4.69) is 10.3 Å². The topological polar surface area (TPSA) is 71.5 Å². The molecule has 1 aliphatic rings. The van der Waals surface area contributed by atoms with Crippen molar-refractivity contribution in [3.63, 3.8) is 0 Å². The zero-order chi connectivity index (χ0) is 18.4. The minimum absolute atomic E-state index is 0.0408. The van der Waals surface area contributed by atoms with Crippen molar-refractivity contribution in [3.05, 3.63) is 29.6 Å². The summed E-state index contributed by atoms with van der Waals surface area (Å²) in [6, 6.07) is 5.78. The molecule has 0 spiro atoms. The third-order valence-corrected chi connectivity index (χ3v) is 4.15. The number of aryl methyl sites for hydroxylation is 1. The van der Waals surface area contributed by atoms with Crippen molar-refractivity contribution in [2.24, 2.45) is 5.92 Å². The van der Waals surface area contributed by atoms with E-state index in [9.17, 15) is 9.59 Å². The molecule has 25 heavy (non-hydrogen) atoms. The average Bonchev–Trinajstić information content (AvgIpc) is 2.52. The minimum atomic E-state index is -0.475. The molecule has 6 nitrogen and oxygen atoms in total. The molecule has 2 heterocycles. The largest absolute Gasteiger partial charge is 0.444 e. The molecule has 2 rings (SSSR count). The second-order valence-electron chi connectivity index (χ2n) is 7.66. The van der Waals surface area contributed by atoms with E-state index in [0.29, 0.717) is 32.0 Å². The summed E-state index contributed by atoms with van der Waals surface area (Å²) >= 11 is 0. The Labute approximate surface area is 150 Å². The Hall–Kier alpha value is -2.11. The van der Waals surface area contributed by atoms with Gasteiger partial charge in [-0.2, -0.15) is 0 Å². The lowest BCUT2D eigenvalue weighted by Crippen LogP contribution is -2.42. The Morgan fingerprint density at radius 3 is 2.56 bits per heavy atom. The molecule has 1 aliphatic heterocycles. The number of piperidine rings is 1. The molecule has 1 fully saturated rings. The summed E-state index contributed by atoms with van der Waals surface area (Å²) in [6.07, 6.45) is 1.89. The van der Waals surface area contributed by atoms with Gasteiger partial charge in [0.25, 0.3) is 0 Å². The lowest BCUT2D eigenvalue weighted by Gasteiger charge is -2.33. The number of pyridine rings is 1. The highest BCUT2D eigenvalue weighted by Crippen LogP contribution is 2.22. The van der Waals surface area contributed by atoms with Crippen LogP contribution < -0.4 is 5.32 Å².